The molecule has 0 spiro atoms. The monoisotopic (exact) mass is 317 g/mol. The van der Waals surface area contributed by atoms with Gasteiger partial charge >= 0.3 is 0 Å². The summed E-state index contributed by atoms with van der Waals surface area (Å²) in [7, 11) is 3.53. The van der Waals surface area contributed by atoms with E-state index in [1.807, 2.05) is 36.2 Å². The second-order valence-corrected chi connectivity index (χ2v) is 5.09. The second kappa shape index (κ2) is 8.48. The highest BCUT2D eigenvalue weighted by molar-refractivity contribution is 9.10. The van der Waals surface area contributed by atoms with Gasteiger partial charge in [-0.2, -0.15) is 0 Å². The smallest absolute Gasteiger partial charge is 0.119 e. The van der Waals surface area contributed by atoms with Gasteiger partial charge in [0.1, 0.15) is 12.4 Å². The highest BCUT2D eigenvalue weighted by atomic mass is 79.9. The van der Waals surface area contributed by atoms with Crippen LogP contribution in [0.2, 0.25) is 0 Å². The molecule has 4 nitrogen and oxygen atoms in total. The van der Waals surface area contributed by atoms with Gasteiger partial charge in [0.2, 0.25) is 0 Å². The number of rotatable bonds is 8. The van der Waals surface area contributed by atoms with E-state index in [0.717, 1.165) is 16.8 Å². The summed E-state index contributed by atoms with van der Waals surface area (Å²) in [6, 6.07) is 7.73. The van der Waals surface area contributed by atoms with Crippen LogP contribution in [0.15, 0.2) is 28.7 Å². The summed E-state index contributed by atoms with van der Waals surface area (Å²) in [5.74, 6) is 0.851. The van der Waals surface area contributed by atoms with Crippen LogP contribution >= 0.6 is 15.9 Å². The molecule has 102 valence electrons. The van der Waals surface area contributed by atoms with Crippen LogP contribution in [0.25, 0.3) is 0 Å². The third kappa shape index (κ3) is 6.35. The molecule has 0 fully saturated rings. The van der Waals surface area contributed by atoms with Gasteiger partial charge in [0.05, 0.1) is 12.7 Å². The number of hydrogen-bond acceptors (Lipinski definition) is 4. The summed E-state index contributed by atoms with van der Waals surface area (Å²) < 4.78 is 11.5. The molecule has 5 heteroatoms. The maximum Gasteiger partial charge on any atom is 0.119 e. The van der Waals surface area contributed by atoms with Crippen molar-refractivity contribution in [3.63, 3.8) is 0 Å². The van der Waals surface area contributed by atoms with Gasteiger partial charge in [0, 0.05) is 24.7 Å². The Hall–Kier alpha value is -0.620. The molecule has 0 aliphatic rings. The van der Waals surface area contributed by atoms with E-state index in [4.69, 9.17) is 9.47 Å². The number of aliphatic hydroxyl groups is 1. The quantitative estimate of drug-likeness (QED) is 0.793. The molecule has 0 saturated heterocycles. The Kier molecular flexibility index (Phi) is 7.27. The number of likely N-dealkylation sites (N-methyl/N-ethyl adjacent to an activating group) is 1. The van der Waals surface area contributed by atoms with E-state index in [2.05, 4.69) is 15.9 Å². The molecule has 0 heterocycles. The number of hydrogen-bond donors (Lipinski definition) is 1. The van der Waals surface area contributed by atoms with Gasteiger partial charge in [0.25, 0.3) is 0 Å². The molecular formula is C13H20BrNO3. The Morgan fingerprint density at radius 3 is 2.61 bits per heavy atom. The second-order valence-electron chi connectivity index (χ2n) is 4.17. The van der Waals surface area contributed by atoms with Crippen molar-refractivity contribution in [1.29, 1.82) is 0 Å². The zero-order valence-electron chi connectivity index (χ0n) is 10.8. The largest absolute Gasteiger partial charge is 0.492 e. The minimum Gasteiger partial charge on any atom is -0.492 e. The molecule has 1 atom stereocenters. The van der Waals surface area contributed by atoms with E-state index in [-0.39, 0.29) is 0 Å². The predicted molar refractivity (Wildman–Crippen MR) is 75.0 cm³/mol. The molecular weight excluding hydrogens is 298 g/mol. The van der Waals surface area contributed by atoms with E-state index >= 15 is 0 Å². The van der Waals surface area contributed by atoms with Gasteiger partial charge in [-0.05, 0) is 31.3 Å². The van der Waals surface area contributed by atoms with Crippen molar-refractivity contribution in [3.05, 3.63) is 28.7 Å². The molecule has 1 aromatic rings. The fourth-order valence-electron chi connectivity index (χ4n) is 1.55. The Morgan fingerprint density at radius 2 is 2.00 bits per heavy atom. The van der Waals surface area contributed by atoms with Gasteiger partial charge in [-0.15, -0.1) is 0 Å². The van der Waals surface area contributed by atoms with Gasteiger partial charge in [-0.25, -0.2) is 0 Å². The van der Waals surface area contributed by atoms with E-state index in [0.29, 0.717) is 19.8 Å². The average Bonchev–Trinajstić information content (AvgIpc) is 2.32. The molecule has 1 rings (SSSR count). The number of halogens is 1. The maximum absolute atomic E-state index is 9.55. The summed E-state index contributed by atoms with van der Waals surface area (Å²) in [6.45, 7) is 2.30. The zero-order chi connectivity index (χ0) is 13.4. The van der Waals surface area contributed by atoms with E-state index in [1.165, 1.54) is 0 Å². The highest BCUT2D eigenvalue weighted by Crippen LogP contribution is 2.15. The molecule has 0 amide bonds. The first kappa shape index (κ1) is 15.4. The van der Waals surface area contributed by atoms with Crippen LogP contribution in [0.5, 0.6) is 5.75 Å². The van der Waals surface area contributed by atoms with Crippen LogP contribution in [0.1, 0.15) is 0 Å². The SMILES string of the molecule is COCC(O)CN(C)CCOc1ccc(Br)cc1. The lowest BCUT2D eigenvalue weighted by Gasteiger charge is -2.20. The summed E-state index contributed by atoms with van der Waals surface area (Å²) >= 11 is 3.38. The summed E-state index contributed by atoms with van der Waals surface area (Å²) in [5.41, 5.74) is 0. The van der Waals surface area contributed by atoms with Crippen LogP contribution in [-0.4, -0.2) is 56.6 Å². The number of aliphatic hydroxyl groups excluding tert-OH is 1. The topological polar surface area (TPSA) is 41.9 Å². The van der Waals surface area contributed by atoms with Crippen molar-refractivity contribution in [2.24, 2.45) is 0 Å². The Bertz CT molecular complexity index is 332. The fraction of sp³-hybridized carbons (Fsp3) is 0.538. The number of benzene rings is 1. The molecule has 1 unspecified atom stereocenters. The molecule has 1 aromatic carbocycles. The molecule has 0 radical (unpaired) electrons. The third-order valence-corrected chi connectivity index (χ3v) is 2.97. The lowest BCUT2D eigenvalue weighted by atomic mass is 10.3. The van der Waals surface area contributed by atoms with Crippen molar-refractivity contribution >= 4 is 15.9 Å². The summed E-state index contributed by atoms with van der Waals surface area (Å²) in [5, 5.41) is 9.55. The molecule has 0 aliphatic heterocycles. The summed E-state index contributed by atoms with van der Waals surface area (Å²) in [6.07, 6.45) is -0.451. The van der Waals surface area contributed by atoms with Gasteiger partial charge in [-0.1, -0.05) is 15.9 Å². The van der Waals surface area contributed by atoms with Crippen LogP contribution < -0.4 is 4.74 Å². The van der Waals surface area contributed by atoms with Crippen LogP contribution in [0, 0.1) is 0 Å². The Balaban J connectivity index is 2.18. The normalized spacial score (nSPS) is 12.7. The lowest BCUT2D eigenvalue weighted by Crippen LogP contribution is -2.34. The van der Waals surface area contributed by atoms with Gasteiger partial charge in [0.15, 0.2) is 0 Å². The molecule has 0 aromatic heterocycles. The van der Waals surface area contributed by atoms with Crippen LogP contribution in [-0.2, 0) is 4.74 Å². The highest BCUT2D eigenvalue weighted by Gasteiger charge is 2.07. The summed E-state index contributed by atoms with van der Waals surface area (Å²) in [4.78, 5) is 2.02. The number of nitrogens with zero attached hydrogens (tertiary/aromatic N) is 1. The Morgan fingerprint density at radius 1 is 1.33 bits per heavy atom. The first-order valence-electron chi connectivity index (χ1n) is 5.85. The molecule has 0 bridgehead atoms. The van der Waals surface area contributed by atoms with Crippen molar-refractivity contribution < 1.29 is 14.6 Å². The zero-order valence-corrected chi connectivity index (χ0v) is 12.4. The van der Waals surface area contributed by atoms with Crippen LogP contribution in [0.3, 0.4) is 0 Å². The maximum atomic E-state index is 9.55. The molecule has 1 N–H and O–H groups in total. The number of methoxy groups -OCH3 is 1. The Labute approximate surface area is 117 Å². The van der Waals surface area contributed by atoms with E-state index in [9.17, 15) is 5.11 Å². The van der Waals surface area contributed by atoms with Crippen molar-refractivity contribution in [2.75, 3.05) is 40.5 Å². The first-order valence-corrected chi connectivity index (χ1v) is 6.65. The molecule has 0 aliphatic carbocycles. The van der Waals surface area contributed by atoms with Gasteiger partial charge in [-0.3, -0.25) is 0 Å². The first-order chi connectivity index (χ1) is 8.61. The minimum atomic E-state index is -0.451. The van der Waals surface area contributed by atoms with Gasteiger partial charge < -0.3 is 19.5 Å². The third-order valence-electron chi connectivity index (χ3n) is 2.44. The molecule has 0 saturated carbocycles. The average molecular weight is 318 g/mol. The minimum absolute atomic E-state index is 0.359. The molecule has 18 heavy (non-hydrogen) atoms. The number of ether oxygens (including phenoxy) is 2. The van der Waals surface area contributed by atoms with Crippen molar-refractivity contribution in [1.82, 2.24) is 4.90 Å². The fourth-order valence-corrected chi connectivity index (χ4v) is 1.81. The van der Waals surface area contributed by atoms with E-state index in [1.54, 1.807) is 7.11 Å². The standard InChI is InChI=1S/C13H20BrNO3/c1-15(9-12(16)10-17-2)7-8-18-13-5-3-11(14)4-6-13/h3-6,12,16H,7-10H2,1-2H3. The predicted octanol–water partition coefficient (Wildman–Crippen LogP) is 1.77. The van der Waals surface area contributed by atoms with Crippen LogP contribution in [0.4, 0.5) is 0 Å². The van der Waals surface area contributed by atoms with Crippen molar-refractivity contribution in [2.45, 2.75) is 6.10 Å². The van der Waals surface area contributed by atoms with Crippen molar-refractivity contribution in [3.8, 4) is 5.75 Å². The van der Waals surface area contributed by atoms with E-state index < -0.39 is 6.10 Å². The lowest BCUT2D eigenvalue weighted by molar-refractivity contribution is 0.0410.